The molecule has 1 aromatic rings. The number of hydrogen-bond donors (Lipinski definition) is 1. The second-order valence-corrected chi connectivity index (χ2v) is 6.95. The summed E-state index contributed by atoms with van der Waals surface area (Å²) in [6.45, 7) is 4.75. The molecule has 2 aliphatic heterocycles. The minimum Gasteiger partial charge on any atom is -0.317 e. The van der Waals surface area contributed by atoms with E-state index in [1.54, 1.807) is 16.0 Å². The molecule has 0 bridgehead atoms. The van der Waals surface area contributed by atoms with Crippen molar-refractivity contribution in [3.8, 4) is 0 Å². The zero-order chi connectivity index (χ0) is 11.7. The maximum Gasteiger partial charge on any atom is 0.0110 e. The average molecular weight is 247 g/mol. The topological polar surface area (TPSA) is 12.0 Å². The normalized spacial score (nSPS) is 24.9. The van der Waals surface area contributed by atoms with Crippen LogP contribution < -0.4 is 5.32 Å². The lowest BCUT2D eigenvalue weighted by atomic mass is 9.90. The van der Waals surface area contributed by atoms with E-state index < -0.39 is 0 Å². The molecule has 3 rings (SSSR count). The second-order valence-electron chi connectivity index (χ2n) is 5.47. The third kappa shape index (κ3) is 2.69. The van der Waals surface area contributed by atoms with Gasteiger partial charge in [0.2, 0.25) is 0 Å². The summed E-state index contributed by atoms with van der Waals surface area (Å²) in [5.41, 5.74) is 3.12. The molecule has 0 aliphatic carbocycles. The van der Waals surface area contributed by atoms with E-state index in [0.29, 0.717) is 0 Å². The molecular formula is C15H21NS. The highest BCUT2D eigenvalue weighted by molar-refractivity contribution is 8.00. The first-order valence-corrected chi connectivity index (χ1v) is 7.68. The first-order chi connectivity index (χ1) is 8.31. The van der Waals surface area contributed by atoms with E-state index in [1.807, 2.05) is 0 Å². The molecule has 0 amide bonds. The van der Waals surface area contributed by atoms with E-state index in [2.05, 4.69) is 42.2 Å². The van der Waals surface area contributed by atoms with Crippen molar-refractivity contribution >= 4 is 11.8 Å². The molecule has 1 nitrogen and oxygen atoms in total. The molecule has 0 saturated carbocycles. The number of benzene rings is 1. The molecule has 0 spiro atoms. The van der Waals surface area contributed by atoms with E-state index in [1.165, 1.54) is 38.8 Å². The van der Waals surface area contributed by atoms with Crippen LogP contribution in [0.3, 0.4) is 0 Å². The Bertz CT molecular complexity index is 396. The standard InChI is InChI=1S/C15H21NS/c1-11-8-14-3-2-13(10-15(14)17-11)9-12-4-6-16-7-5-12/h2-3,10-12,16H,4-9H2,1H3. The first kappa shape index (κ1) is 11.6. The maximum absolute atomic E-state index is 3.44. The monoisotopic (exact) mass is 247 g/mol. The smallest absolute Gasteiger partial charge is 0.0110 e. The Balaban J connectivity index is 1.69. The molecule has 1 N–H and O–H groups in total. The van der Waals surface area contributed by atoms with Crippen LogP contribution in [0.15, 0.2) is 23.1 Å². The lowest BCUT2D eigenvalue weighted by Gasteiger charge is -2.22. The number of nitrogens with one attached hydrogen (secondary N) is 1. The van der Waals surface area contributed by atoms with Gasteiger partial charge >= 0.3 is 0 Å². The van der Waals surface area contributed by atoms with E-state index in [0.717, 1.165) is 11.2 Å². The van der Waals surface area contributed by atoms with Crippen LogP contribution >= 0.6 is 11.8 Å². The zero-order valence-electron chi connectivity index (χ0n) is 10.5. The molecule has 2 heteroatoms. The molecule has 1 saturated heterocycles. The Labute approximate surface area is 108 Å². The summed E-state index contributed by atoms with van der Waals surface area (Å²) < 4.78 is 0. The van der Waals surface area contributed by atoms with Gasteiger partial charge in [-0.15, -0.1) is 11.8 Å². The third-order valence-electron chi connectivity index (χ3n) is 3.95. The highest BCUT2D eigenvalue weighted by Crippen LogP contribution is 2.37. The zero-order valence-corrected chi connectivity index (χ0v) is 11.4. The Morgan fingerprint density at radius 3 is 2.94 bits per heavy atom. The quantitative estimate of drug-likeness (QED) is 0.861. The SMILES string of the molecule is CC1Cc2ccc(CC3CCNCC3)cc2S1. The van der Waals surface area contributed by atoms with Crippen molar-refractivity contribution in [1.29, 1.82) is 0 Å². The van der Waals surface area contributed by atoms with Gasteiger partial charge in [-0.05, 0) is 61.9 Å². The fourth-order valence-corrected chi connectivity index (χ4v) is 4.21. The molecule has 1 aromatic carbocycles. The molecule has 1 unspecified atom stereocenters. The van der Waals surface area contributed by atoms with Gasteiger partial charge in [-0.25, -0.2) is 0 Å². The van der Waals surface area contributed by atoms with Crippen LogP contribution in [-0.2, 0) is 12.8 Å². The Morgan fingerprint density at radius 2 is 2.12 bits per heavy atom. The van der Waals surface area contributed by atoms with Crippen LogP contribution in [0.2, 0.25) is 0 Å². The number of hydrogen-bond acceptors (Lipinski definition) is 2. The van der Waals surface area contributed by atoms with E-state index >= 15 is 0 Å². The van der Waals surface area contributed by atoms with Gasteiger partial charge in [0.1, 0.15) is 0 Å². The summed E-state index contributed by atoms with van der Waals surface area (Å²) in [6, 6.07) is 7.17. The Kier molecular flexibility index (Phi) is 3.44. The van der Waals surface area contributed by atoms with Crippen LogP contribution in [0.25, 0.3) is 0 Å². The largest absolute Gasteiger partial charge is 0.317 e. The van der Waals surface area contributed by atoms with Gasteiger partial charge in [0.15, 0.2) is 0 Å². The summed E-state index contributed by atoms with van der Waals surface area (Å²) in [5, 5.41) is 4.22. The van der Waals surface area contributed by atoms with Crippen molar-refractivity contribution < 1.29 is 0 Å². The van der Waals surface area contributed by atoms with Crippen LogP contribution in [0.4, 0.5) is 0 Å². The number of piperidine rings is 1. The molecule has 92 valence electrons. The molecule has 2 aliphatic rings. The highest BCUT2D eigenvalue weighted by atomic mass is 32.2. The van der Waals surface area contributed by atoms with Crippen molar-refractivity contribution in [2.45, 2.75) is 42.8 Å². The summed E-state index contributed by atoms with van der Waals surface area (Å²) in [4.78, 5) is 1.55. The van der Waals surface area contributed by atoms with E-state index in [9.17, 15) is 0 Å². The summed E-state index contributed by atoms with van der Waals surface area (Å²) in [5.74, 6) is 0.901. The first-order valence-electron chi connectivity index (χ1n) is 6.80. The van der Waals surface area contributed by atoms with Gasteiger partial charge < -0.3 is 5.32 Å². The number of rotatable bonds is 2. The van der Waals surface area contributed by atoms with Crippen molar-refractivity contribution in [3.05, 3.63) is 29.3 Å². The molecule has 1 atom stereocenters. The molecular weight excluding hydrogens is 226 g/mol. The lowest BCUT2D eigenvalue weighted by molar-refractivity contribution is 0.372. The predicted octanol–water partition coefficient (Wildman–Crippen LogP) is 3.27. The van der Waals surface area contributed by atoms with Gasteiger partial charge in [-0.1, -0.05) is 19.1 Å². The van der Waals surface area contributed by atoms with Gasteiger partial charge in [0.25, 0.3) is 0 Å². The van der Waals surface area contributed by atoms with Crippen LogP contribution in [0.5, 0.6) is 0 Å². The average Bonchev–Trinajstić information content (AvgIpc) is 2.70. The Morgan fingerprint density at radius 1 is 1.29 bits per heavy atom. The molecule has 2 heterocycles. The summed E-state index contributed by atoms with van der Waals surface area (Å²) in [6.07, 6.45) is 5.23. The number of thioether (sulfide) groups is 1. The number of fused-ring (bicyclic) bond motifs is 1. The van der Waals surface area contributed by atoms with Crippen molar-refractivity contribution in [2.24, 2.45) is 5.92 Å². The second kappa shape index (κ2) is 5.03. The van der Waals surface area contributed by atoms with Gasteiger partial charge in [-0.2, -0.15) is 0 Å². The molecule has 17 heavy (non-hydrogen) atoms. The van der Waals surface area contributed by atoms with E-state index in [4.69, 9.17) is 0 Å². The van der Waals surface area contributed by atoms with Crippen LogP contribution in [-0.4, -0.2) is 18.3 Å². The van der Waals surface area contributed by atoms with Crippen LogP contribution in [0.1, 0.15) is 30.9 Å². The minimum absolute atomic E-state index is 0.777. The molecule has 1 fully saturated rings. The van der Waals surface area contributed by atoms with Crippen molar-refractivity contribution in [3.63, 3.8) is 0 Å². The molecule has 0 aromatic heterocycles. The lowest BCUT2D eigenvalue weighted by Crippen LogP contribution is -2.28. The van der Waals surface area contributed by atoms with Gasteiger partial charge in [0, 0.05) is 10.1 Å². The fourth-order valence-electron chi connectivity index (χ4n) is 2.99. The van der Waals surface area contributed by atoms with Gasteiger partial charge in [-0.3, -0.25) is 0 Å². The highest BCUT2D eigenvalue weighted by Gasteiger charge is 2.19. The minimum atomic E-state index is 0.777. The van der Waals surface area contributed by atoms with Crippen LogP contribution in [0, 0.1) is 5.92 Å². The molecule has 0 radical (unpaired) electrons. The summed E-state index contributed by atoms with van der Waals surface area (Å²) >= 11 is 2.05. The summed E-state index contributed by atoms with van der Waals surface area (Å²) in [7, 11) is 0. The van der Waals surface area contributed by atoms with Gasteiger partial charge in [0.05, 0.1) is 0 Å². The van der Waals surface area contributed by atoms with Crippen molar-refractivity contribution in [1.82, 2.24) is 5.32 Å². The Hall–Kier alpha value is -0.470. The fraction of sp³-hybridized carbons (Fsp3) is 0.600. The maximum atomic E-state index is 3.44. The predicted molar refractivity (Wildman–Crippen MR) is 74.8 cm³/mol. The van der Waals surface area contributed by atoms with E-state index in [-0.39, 0.29) is 0 Å². The van der Waals surface area contributed by atoms with Crippen molar-refractivity contribution in [2.75, 3.05) is 13.1 Å². The third-order valence-corrected chi connectivity index (χ3v) is 5.15.